The van der Waals surface area contributed by atoms with Gasteiger partial charge in [0.1, 0.15) is 11.6 Å². The molecule has 8 heteroatoms. The van der Waals surface area contributed by atoms with E-state index in [4.69, 9.17) is 15.3 Å². The maximum Gasteiger partial charge on any atom is 0.290 e. The average Bonchev–Trinajstić information content (AvgIpc) is 3.05. The monoisotopic (exact) mass is 387 g/mol. The molecule has 1 aliphatic heterocycles. The molecule has 3 rings (SSSR count). The third kappa shape index (κ3) is 4.00. The number of oxime groups is 1. The van der Waals surface area contributed by atoms with E-state index in [9.17, 15) is 13.6 Å². The van der Waals surface area contributed by atoms with E-state index in [2.05, 4.69) is 10.1 Å². The minimum Gasteiger partial charge on any atom is -0.465 e. The molecule has 146 valence electrons. The van der Waals surface area contributed by atoms with Gasteiger partial charge in [0.2, 0.25) is 0 Å². The third-order valence-corrected chi connectivity index (χ3v) is 4.33. The second-order valence-corrected chi connectivity index (χ2v) is 6.43. The Labute approximate surface area is 160 Å². The van der Waals surface area contributed by atoms with Crippen molar-refractivity contribution in [1.82, 2.24) is 0 Å². The maximum absolute atomic E-state index is 14.4. The first-order valence-electron chi connectivity index (χ1n) is 8.64. The number of hydrogen-bond donors (Lipinski definition) is 1. The van der Waals surface area contributed by atoms with Crippen molar-refractivity contribution >= 4 is 17.6 Å². The molecular weight excluding hydrogens is 368 g/mol. The lowest BCUT2D eigenvalue weighted by atomic mass is 9.89. The molecule has 2 N–H and O–H groups in total. The molecule has 1 amide bonds. The van der Waals surface area contributed by atoms with Crippen LogP contribution in [0.4, 0.5) is 8.78 Å². The number of nitrogens with zero attached hydrogens (tertiary/aromatic N) is 2. The summed E-state index contributed by atoms with van der Waals surface area (Å²) >= 11 is 0. The average molecular weight is 387 g/mol. The van der Waals surface area contributed by atoms with Crippen LogP contribution in [-0.4, -0.2) is 24.2 Å². The zero-order chi connectivity index (χ0) is 20.3. The predicted octanol–water partition coefficient (Wildman–Crippen LogP) is 3.50. The molecule has 0 radical (unpaired) electrons. The van der Waals surface area contributed by atoms with Crippen LogP contribution in [0.25, 0.3) is 0 Å². The van der Waals surface area contributed by atoms with Crippen molar-refractivity contribution < 1.29 is 23.1 Å². The van der Waals surface area contributed by atoms with Crippen LogP contribution in [0.1, 0.15) is 41.8 Å². The molecule has 2 aromatic carbocycles. The molecule has 0 aromatic heterocycles. The first-order valence-corrected chi connectivity index (χ1v) is 8.64. The fraction of sp³-hybridized carbons (Fsp3) is 0.250. The van der Waals surface area contributed by atoms with Gasteiger partial charge in [-0.1, -0.05) is 23.4 Å². The van der Waals surface area contributed by atoms with Crippen LogP contribution >= 0.6 is 0 Å². The van der Waals surface area contributed by atoms with E-state index in [0.717, 1.165) is 0 Å². The van der Waals surface area contributed by atoms with Crippen LogP contribution in [0.5, 0.6) is 0 Å². The summed E-state index contributed by atoms with van der Waals surface area (Å²) in [5, 5.41) is 4.03. The minimum absolute atomic E-state index is 0.237. The lowest BCUT2D eigenvalue weighted by molar-refractivity contribution is -0.00759. The highest BCUT2D eigenvalue weighted by Crippen LogP contribution is 2.36. The minimum atomic E-state index is -0.862. The second kappa shape index (κ2) is 7.75. The van der Waals surface area contributed by atoms with Crippen LogP contribution < -0.4 is 5.73 Å². The Morgan fingerprint density at radius 1 is 1.32 bits per heavy atom. The number of halogens is 2. The molecular formula is C20H19F2N3O3. The van der Waals surface area contributed by atoms with Crippen molar-refractivity contribution in [2.75, 3.05) is 6.61 Å². The summed E-state index contributed by atoms with van der Waals surface area (Å²) in [4.78, 5) is 21.0. The summed E-state index contributed by atoms with van der Waals surface area (Å²) < 4.78 is 32.8. The van der Waals surface area contributed by atoms with E-state index in [1.54, 1.807) is 32.0 Å². The fourth-order valence-corrected chi connectivity index (χ4v) is 2.88. The molecule has 0 bridgehead atoms. The van der Waals surface area contributed by atoms with Gasteiger partial charge in [-0.2, -0.15) is 4.99 Å². The number of nitrogens with two attached hydrogens (primary N) is 1. The van der Waals surface area contributed by atoms with Crippen molar-refractivity contribution in [1.29, 1.82) is 0 Å². The van der Waals surface area contributed by atoms with Gasteiger partial charge in [-0.25, -0.2) is 8.78 Å². The van der Waals surface area contributed by atoms with Gasteiger partial charge in [0.05, 0.1) is 17.9 Å². The van der Waals surface area contributed by atoms with Gasteiger partial charge >= 0.3 is 0 Å². The van der Waals surface area contributed by atoms with E-state index in [1.807, 2.05) is 0 Å². The number of aliphatic imine (C=N–C) groups is 1. The number of benzene rings is 2. The standard InChI is InChI=1S/C20H19F2N3O3/c1-3-27-19(23)24-18(26)15-8-7-12(9-16(15)22)17-11-20(2,28-25-17)13-5-4-6-14(21)10-13/h4-10H,3,11H2,1-2H3,(H2,23,24,26). The van der Waals surface area contributed by atoms with E-state index in [1.165, 1.54) is 24.3 Å². The maximum atomic E-state index is 14.4. The molecule has 0 spiro atoms. The van der Waals surface area contributed by atoms with Crippen molar-refractivity contribution in [3.05, 3.63) is 70.8 Å². The fourth-order valence-electron chi connectivity index (χ4n) is 2.88. The Hall–Kier alpha value is -3.29. The Balaban J connectivity index is 1.80. The highest BCUT2D eigenvalue weighted by Gasteiger charge is 2.37. The quantitative estimate of drug-likeness (QED) is 0.643. The van der Waals surface area contributed by atoms with E-state index in [0.29, 0.717) is 23.3 Å². The molecule has 0 saturated carbocycles. The van der Waals surface area contributed by atoms with Gasteiger partial charge in [0.25, 0.3) is 11.9 Å². The summed E-state index contributed by atoms with van der Waals surface area (Å²) in [6.45, 7) is 3.70. The Morgan fingerprint density at radius 3 is 2.79 bits per heavy atom. The topological polar surface area (TPSA) is 86.3 Å². The Morgan fingerprint density at radius 2 is 2.11 bits per heavy atom. The number of rotatable bonds is 4. The van der Waals surface area contributed by atoms with Crippen LogP contribution in [-0.2, 0) is 15.2 Å². The number of carbonyl (C=O) groups is 1. The normalized spacial score (nSPS) is 19.1. The number of carbonyl (C=O) groups excluding carboxylic acids is 1. The van der Waals surface area contributed by atoms with Crippen LogP contribution in [0.3, 0.4) is 0 Å². The van der Waals surface area contributed by atoms with E-state index < -0.39 is 17.3 Å². The largest absolute Gasteiger partial charge is 0.465 e. The van der Waals surface area contributed by atoms with Crippen molar-refractivity contribution in [3.8, 4) is 0 Å². The summed E-state index contributed by atoms with van der Waals surface area (Å²) in [6, 6.07) is 9.75. The smallest absolute Gasteiger partial charge is 0.290 e. The van der Waals surface area contributed by atoms with Crippen LogP contribution in [0.2, 0.25) is 0 Å². The van der Waals surface area contributed by atoms with Gasteiger partial charge in [0.15, 0.2) is 5.60 Å². The second-order valence-electron chi connectivity index (χ2n) is 6.43. The number of hydrogen-bond acceptors (Lipinski definition) is 4. The molecule has 28 heavy (non-hydrogen) atoms. The summed E-state index contributed by atoms with van der Waals surface area (Å²) in [6.07, 6.45) is 0.318. The van der Waals surface area contributed by atoms with Crippen LogP contribution in [0.15, 0.2) is 52.6 Å². The highest BCUT2D eigenvalue weighted by atomic mass is 19.1. The Bertz CT molecular complexity index is 975. The lowest BCUT2D eigenvalue weighted by Gasteiger charge is -2.21. The van der Waals surface area contributed by atoms with Crippen molar-refractivity contribution in [2.45, 2.75) is 25.9 Å². The Kier molecular flexibility index (Phi) is 5.39. The molecule has 0 fully saturated rings. The zero-order valence-corrected chi connectivity index (χ0v) is 15.4. The first kappa shape index (κ1) is 19.5. The van der Waals surface area contributed by atoms with Crippen molar-refractivity contribution in [2.24, 2.45) is 15.9 Å². The molecule has 0 saturated heterocycles. The van der Waals surface area contributed by atoms with Gasteiger partial charge in [0, 0.05) is 17.5 Å². The molecule has 1 atom stereocenters. The van der Waals surface area contributed by atoms with E-state index >= 15 is 0 Å². The molecule has 1 unspecified atom stereocenters. The van der Waals surface area contributed by atoms with Gasteiger partial charge in [-0.05, 0) is 38.1 Å². The number of ether oxygens (including phenoxy) is 1. The third-order valence-electron chi connectivity index (χ3n) is 4.33. The van der Waals surface area contributed by atoms with Gasteiger partial charge in [-0.15, -0.1) is 0 Å². The molecule has 0 aliphatic carbocycles. The molecule has 6 nitrogen and oxygen atoms in total. The summed E-state index contributed by atoms with van der Waals surface area (Å²) in [7, 11) is 0. The van der Waals surface area contributed by atoms with Gasteiger partial charge in [-0.3, -0.25) is 4.79 Å². The SMILES string of the molecule is CCOC(N)=NC(=O)c1ccc(C2=NOC(C)(c3cccc(F)c3)C2)cc1F. The summed E-state index contributed by atoms with van der Waals surface area (Å²) in [5.74, 6) is -1.99. The molecule has 2 aromatic rings. The first-order chi connectivity index (χ1) is 13.3. The molecule has 1 heterocycles. The van der Waals surface area contributed by atoms with E-state index in [-0.39, 0.29) is 24.0 Å². The molecule has 1 aliphatic rings. The number of amidine groups is 1. The lowest BCUT2D eigenvalue weighted by Crippen LogP contribution is -2.22. The van der Waals surface area contributed by atoms with Gasteiger partial charge < -0.3 is 15.3 Å². The summed E-state index contributed by atoms with van der Waals surface area (Å²) in [5.41, 5.74) is 5.89. The highest BCUT2D eigenvalue weighted by molar-refractivity contribution is 6.04. The predicted molar refractivity (Wildman–Crippen MR) is 100.0 cm³/mol. The number of amides is 1. The zero-order valence-electron chi connectivity index (χ0n) is 15.4. The van der Waals surface area contributed by atoms with Crippen molar-refractivity contribution in [3.63, 3.8) is 0 Å². The van der Waals surface area contributed by atoms with Crippen LogP contribution in [0, 0.1) is 11.6 Å².